The molecule has 1 aromatic heterocycles. The summed E-state index contributed by atoms with van der Waals surface area (Å²) in [6.45, 7) is 1.87. The van der Waals surface area contributed by atoms with E-state index in [-0.39, 0.29) is 18.3 Å². The first kappa shape index (κ1) is 19.9. The largest absolute Gasteiger partial charge is 0.484 e. The number of nitrogens with two attached hydrogens (primary N) is 1. The lowest BCUT2D eigenvalue weighted by atomic mass is 10.2. The minimum atomic E-state index is -0.418. The third-order valence-corrected chi connectivity index (χ3v) is 5.77. The first-order valence-corrected chi connectivity index (χ1v) is 10.3. The highest BCUT2D eigenvalue weighted by Crippen LogP contribution is 2.37. The molecule has 0 aliphatic carbocycles. The Kier molecular flexibility index (Phi) is 6.67. The zero-order chi connectivity index (χ0) is 19.9. The molecule has 3 rings (SSSR count). The van der Waals surface area contributed by atoms with E-state index in [4.69, 9.17) is 10.5 Å². The van der Waals surface area contributed by atoms with Crippen LogP contribution in [0.25, 0.3) is 11.3 Å². The van der Waals surface area contributed by atoms with Gasteiger partial charge in [0.15, 0.2) is 10.9 Å². The van der Waals surface area contributed by atoms with Gasteiger partial charge in [-0.2, -0.15) is 0 Å². The van der Waals surface area contributed by atoms with Crippen LogP contribution in [-0.4, -0.2) is 29.2 Å². The molecule has 2 amide bonds. The number of aryl methyl sites for hydroxylation is 1. The van der Waals surface area contributed by atoms with E-state index in [9.17, 15) is 9.59 Å². The second kappa shape index (κ2) is 9.38. The summed E-state index contributed by atoms with van der Waals surface area (Å²) in [6.07, 6.45) is 0. The summed E-state index contributed by atoms with van der Waals surface area (Å²) in [5.41, 5.74) is 7.86. The highest BCUT2D eigenvalue weighted by atomic mass is 32.2. The number of benzene rings is 2. The summed E-state index contributed by atoms with van der Waals surface area (Å²) in [6, 6.07) is 17.0. The fourth-order valence-corrected chi connectivity index (χ4v) is 4.14. The lowest BCUT2D eigenvalue weighted by Gasteiger charge is -2.07. The number of aromatic nitrogens is 1. The quantitative estimate of drug-likeness (QED) is 0.549. The van der Waals surface area contributed by atoms with Crippen molar-refractivity contribution in [2.45, 2.75) is 11.3 Å². The van der Waals surface area contributed by atoms with E-state index in [0.29, 0.717) is 20.8 Å². The SMILES string of the molecule is Cc1ccc(OCC(=O)Nc2sc(SCC(N)=O)nc2-c2ccccc2)cc1. The van der Waals surface area contributed by atoms with Crippen LogP contribution in [0, 0.1) is 6.92 Å². The second-order valence-corrected chi connectivity index (χ2v) is 8.15. The molecule has 0 aliphatic rings. The van der Waals surface area contributed by atoms with E-state index < -0.39 is 5.91 Å². The third kappa shape index (κ3) is 5.58. The van der Waals surface area contributed by atoms with E-state index in [1.807, 2.05) is 61.5 Å². The number of carbonyl (C=O) groups excluding carboxylic acids is 2. The van der Waals surface area contributed by atoms with Crippen molar-refractivity contribution in [3.63, 3.8) is 0 Å². The fraction of sp³-hybridized carbons (Fsp3) is 0.150. The molecule has 28 heavy (non-hydrogen) atoms. The first-order chi connectivity index (χ1) is 13.5. The summed E-state index contributed by atoms with van der Waals surface area (Å²) in [5.74, 6) is 0.0588. The number of nitrogens with one attached hydrogen (secondary N) is 1. The van der Waals surface area contributed by atoms with Crippen molar-refractivity contribution >= 4 is 39.9 Å². The highest BCUT2D eigenvalue weighted by molar-refractivity contribution is 8.01. The van der Waals surface area contributed by atoms with Gasteiger partial charge in [-0.1, -0.05) is 71.1 Å². The maximum atomic E-state index is 12.4. The molecule has 0 atom stereocenters. The smallest absolute Gasteiger partial charge is 0.262 e. The van der Waals surface area contributed by atoms with Gasteiger partial charge in [0.05, 0.1) is 5.75 Å². The Morgan fingerprint density at radius 1 is 1.14 bits per heavy atom. The van der Waals surface area contributed by atoms with Crippen molar-refractivity contribution in [3.05, 3.63) is 60.2 Å². The molecule has 6 nitrogen and oxygen atoms in total. The van der Waals surface area contributed by atoms with Crippen LogP contribution in [0.5, 0.6) is 5.75 Å². The molecule has 1 heterocycles. The molecule has 3 aromatic rings. The Morgan fingerprint density at radius 3 is 2.54 bits per heavy atom. The molecule has 0 saturated carbocycles. The van der Waals surface area contributed by atoms with Crippen molar-refractivity contribution in [1.82, 2.24) is 4.98 Å². The Morgan fingerprint density at radius 2 is 1.86 bits per heavy atom. The minimum absolute atomic E-state index is 0.112. The molecule has 0 unspecified atom stereocenters. The average Bonchev–Trinajstić information content (AvgIpc) is 3.09. The van der Waals surface area contributed by atoms with Crippen LogP contribution in [0.2, 0.25) is 0 Å². The van der Waals surface area contributed by atoms with Gasteiger partial charge >= 0.3 is 0 Å². The van der Waals surface area contributed by atoms with Crippen molar-refractivity contribution in [2.24, 2.45) is 5.73 Å². The van der Waals surface area contributed by atoms with Crippen LogP contribution in [0.3, 0.4) is 0 Å². The predicted molar refractivity (Wildman–Crippen MR) is 113 cm³/mol. The highest BCUT2D eigenvalue weighted by Gasteiger charge is 2.16. The third-order valence-electron chi connectivity index (χ3n) is 3.64. The molecule has 0 bridgehead atoms. The van der Waals surface area contributed by atoms with Gasteiger partial charge in [0.2, 0.25) is 5.91 Å². The summed E-state index contributed by atoms with van der Waals surface area (Å²) in [5, 5.41) is 3.47. The molecule has 0 spiro atoms. The lowest BCUT2D eigenvalue weighted by molar-refractivity contribution is -0.118. The van der Waals surface area contributed by atoms with E-state index in [1.54, 1.807) is 0 Å². The van der Waals surface area contributed by atoms with Crippen molar-refractivity contribution in [1.29, 1.82) is 0 Å². The number of rotatable bonds is 8. The summed E-state index contributed by atoms with van der Waals surface area (Å²) >= 11 is 2.55. The van der Waals surface area contributed by atoms with E-state index in [1.165, 1.54) is 23.1 Å². The second-order valence-electron chi connectivity index (χ2n) is 5.93. The number of primary amides is 1. The van der Waals surface area contributed by atoms with Crippen LogP contribution >= 0.6 is 23.1 Å². The predicted octanol–water partition coefficient (Wildman–Crippen LogP) is 3.71. The topological polar surface area (TPSA) is 94.3 Å². The van der Waals surface area contributed by atoms with E-state index >= 15 is 0 Å². The Hall–Kier alpha value is -2.84. The monoisotopic (exact) mass is 413 g/mol. The van der Waals surface area contributed by atoms with Gasteiger partial charge in [-0.25, -0.2) is 4.98 Å². The van der Waals surface area contributed by atoms with Crippen LogP contribution in [0.15, 0.2) is 58.9 Å². The van der Waals surface area contributed by atoms with Crippen molar-refractivity contribution < 1.29 is 14.3 Å². The zero-order valence-corrected chi connectivity index (χ0v) is 16.8. The molecule has 3 N–H and O–H groups in total. The molecule has 0 fully saturated rings. The molecule has 0 radical (unpaired) electrons. The molecular formula is C20H19N3O3S2. The van der Waals surface area contributed by atoms with Crippen molar-refractivity contribution in [3.8, 4) is 17.0 Å². The maximum Gasteiger partial charge on any atom is 0.262 e. The van der Waals surface area contributed by atoms with Gasteiger partial charge < -0.3 is 15.8 Å². The van der Waals surface area contributed by atoms with Gasteiger partial charge in [-0.3, -0.25) is 9.59 Å². The number of nitrogens with zero attached hydrogens (tertiary/aromatic N) is 1. The van der Waals surface area contributed by atoms with Gasteiger partial charge in [0.25, 0.3) is 5.91 Å². The number of hydrogen-bond donors (Lipinski definition) is 2. The van der Waals surface area contributed by atoms with Gasteiger partial charge in [0.1, 0.15) is 16.4 Å². The number of thiazole rings is 1. The molecule has 0 aliphatic heterocycles. The Bertz CT molecular complexity index is 957. The number of anilines is 1. The van der Waals surface area contributed by atoms with Gasteiger partial charge in [-0.05, 0) is 19.1 Å². The van der Waals surface area contributed by atoms with Gasteiger partial charge in [0, 0.05) is 5.56 Å². The van der Waals surface area contributed by atoms with Crippen molar-refractivity contribution in [2.75, 3.05) is 17.7 Å². The Labute approximate surface area is 171 Å². The molecule has 0 saturated heterocycles. The first-order valence-electron chi connectivity index (χ1n) is 8.48. The summed E-state index contributed by atoms with van der Waals surface area (Å²) < 4.78 is 6.19. The Balaban J connectivity index is 1.72. The van der Waals surface area contributed by atoms with E-state index in [0.717, 1.165) is 11.1 Å². The normalized spacial score (nSPS) is 10.5. The summed E-state index contributed by atoms with van der Waals surface area (Å²) in [4.78, 5) is 28.0. The van der Waals surface area contributed by atoms with Crippen LogP contribution in [-0.2, 0) is 9.59 Å². The minimum Gasteiger partial charge on any atom is -0.484 e. The molecule has 144 valence electrons. The van der Waals surface area contributed by atoms with E-state index in [2.05, 4.69) is 10.3 Å². The average molecular weight is 414 g/mol. The molecule has 8 heteroatoms. The fourth-order valence-electron chi connectivity index (χ4n) is 2.32. The number of amides is 2. The lowest BCUT2D eigenvalue weighted by Crippen LogP contribution is -2.19. The maximum absolute atomic E-state index is 12.4. The number of carbonyl (C=O) groups is 2. The number of ether oxygens (including phenoxy) is 1. The standard InChI is InChI=1S/C20H19N3O3S2/c1-13-7-9-15(10-8-13)26-11-17(25)22-19-18(14-5-3-2-4-6-14)23-20(28-19)27-12-16(21)24/h2-10H,11-12H2,1H3,(H2,21,24)(H,22,25). The number of thioether (sulfide) groups is 1. The van der Waals surface area contributed by atoms with Crippen LogP contribution < -0.4 is 15.8 Å². The van der Waals surface area contributed by atoms with Crippen LogP contribution in [0.1, 0.15) is 5.56 Å². The van der Waals surface area contributed by atoms with Crippen LogP contribution in [0.4, 0.5) is 5.00 Å². The number of hydrogen-bond acceptors (Lipinski definition) is 6. The summed E-state index contributed by atoms with van der Waals surface area (Å²) in [7, 11) is 0. The van der Waals surface area contributed by atoms with Gasteiger partial charge in [-0.15, -0.1) is 0 Å². The molecule has 2 aromatic carbocycles. The zero-order valence-electron chi connectivity index (χ0n) is 15.2. The molecular weight excluding hydrogens is 394 g/mol.